The minimum absolute atomic E-state index is 0.252. The van der Waals surface area contributed by atoms with Gasteiger partial charge in [-0.05, 0) is 41.9 Å². The highest BCUT2D eigenvalue weighted by Crippen LogP contribution is 2.22. The molecule has 2 rings (SSSR count). The molecule has 5 nitrogen and oxygen atoms in total. The molecule has 0 bridgehead atoms. The van der Waals surface area contributed by atoms with Crippen LogP contribution in [0.25, 0.3) is 0 Å². The van der Waals surface area contributed by atoms with E-state index in [9.17, 15) is 4.79 Å². The van der Waals surface area contributed by atoms with E-state index in [4.69, 9.17) is 0 Å². The molecule has 1 amide bonds. The number of anilines is 2. The molecule has 0 aliphatic carbocycles. The fraction of sp³-hybridized carbons (Fsp3) is 0.267. The van der Waals surface area contributed by atoms with Crippen LogP contribution in [0.5, 0.6) is 0 Å². The first-order valence-corrected chi connectivity index (χ1v) is 7.57. The van der Waals surface area contributed by atoms with Crippen molar-refractivity contribution in [1.82, 2.24) is 9.97 Å². The summed E-state index contributed by atoms with van der Waals surface area (Å²) in [6, 6.07) is 9.16. The Morgan fingerprint density at radius 3 is 2.62 bits per heavy atom. The Balaban J connectivity index is 2.20. The number of halogens is 1. The summed E-state index contributed by atoms with van der Waals surface area (Å²) in [5.74, 6) is 0.505. The van der Waals surface area contributed by atoms with E-state index in [1.807, 2.05) is 38.1 Å². The van der Waals surface area contributed by atoms with Crippen molar-refractivity contribution in [1.29, 1.82) is 0 Å². The van der Waals surface area contributed by atoms with Crippen LogP contribution >= 0.6 is 15.9 Å². The molecular formula is C15H17BrN4O. The van der Waals surface area contributed by atoms with E-state index in [0.717, 1.165) is 23.4 Å². The molecule has 0 aliphatic rings. The Labute approximate surface area is 132 Å². The lowest BCUT2D eigenvalue weighted by molar-refractivity contribution is 0.102. The Bertz CT molecular complexity index is 629. The topological polar surface area (TPSA) is 58.1 Å². The summed E-state index contributed by atoms with van der Waals surface area (Å²) in [6.45, 7) is 5.76. The average molecular weight is 349 g/mol. The second-order valence-electron chi connectivity index (χ2n) is 4.37. The SMILES string of the molecule is CCN(CC)c1cc(C(=O)Nc2ccccc2Br)ncn1. The van der Waals surface area contributed by atoms with Crippen LogP contribution in [0.15, 0.2) is 41.1 Å². The first kappa shape index (κ1) is 15.4. The molecule has 0 fully saturated rings. The minimum atomic E-state index is -0.252. The van der Waals surface area contributed by atoms with Crippen molar-refractivity contribution in [2.75, 3.05) is 23.3 Å². The molecule has 1 aromatic heterocycles. The number of carbonyl (C=O) groups is 1. The number of nitrogens with zero attached hydrogens (tertiary/aromatic N) is 3. The van der Waals surface area contributed by atoms with Crippen LogP contribution in [-0.4, -0.2) is 29.0 Å². The highest BCUT2D eigenvalue weighted by Gasteiger charge is 2.12. The summed E-state index contributed by atoms with van der Waals surface area (Å²) in [6.07, 6.45) is 1.42. The van der Waals surface area contributed by atoms with Crippen molar-refractivity contribution in [3.63, 3.8) is 0 Å². The predicted octanol–water partition coefficient (Wildman–Crippen LogP) is 3.34. The van der Waals surface area contributed by atoms with Gasteiger partial charge in [0, 0.05) is 23.6 Å². The Hall–Kier alpha value is -1.95. The molecule has 2 aromatic rings. The lowest BCUT2D eigenvalue weighted by atomic mass is 10.3. The van der Waals surface area contributed by atoms with Gasteiger partial charge in [-0.1, -0.05) is 12.1 Å². The van der Waals surface area contributed by atoms with Crippen molar-refractivity contribution in [3.05, 3.63) is 46.8 Å². The van der Waals surface area contributed by atoms with Crippen molar-refractivity contribution < 1.29 is 4.79 Å². The third-order valence-corrected chi connectivity index (χ3v) is 3.79. The highest BCUT2D eigenvalue weighted by molar-refractivity contribution is 9.10. The number of amides is 1. The standard InChI is InChI=1S/C15H17BrN4O/c1-3-20(4-2)14-9-13(17-10-18-14)15(21)19-12-8-6-5-7-11(12)16/h5-10H,3-4H2,1-2H3,(H,19,21). The van der Waals surface area contributed by atoms with Gasteiger partial charge in [-0.25, -0.2) is 9.97 Å². The van der Waals surface area contributed by atoms with Gasteiger partial charge in [-0.3, -0.25) is 4.79 Å². The van der Waals surface area contributed by atoms with E-state index in [-0.39, 0.29) is 5.91 Å². The monoisotopic (exact) mass is 348 g/mol. The van der Waals surface area contributed by atoms with Gasteiger partial charge >= 0.3 is 0 Å². The van der Waals surface area contributed by atoms with Gasteiger partial charge in [-0.15, -0.1) is 0 Å². The van der Waals surface area contributed by atoms with Gasteiger partial charge in [0.15, 0.2) is 0 Å². The van der Waals surface area contributed by atoms with Crippen LogP contribution in [-0.2, 0) is 0 Å². The molecule has 0 aliphatic heterocycles. The van der Waals surface area contributed by atoms with Crippen LogP contribution in [0.2, 0.25) is 0 Å². The minimum Gasteiger partial charge on any atom is -0.357 e. The van der Waals surface area contributed by atoms with Crippen LogP contribution < -0.4 is 10.2 Å². The van der Waals surface area contributed by atoms with Crippen LogP contribution in [0.4, 0.5) is 11.5 Å². The molecule has 21 heavy (non-hydrogen) atoms. The summed E-state index contributed by atoms with van der Waals surface area (Å²) in [5.41, 5.74) is 1.06. The number of hydrogen-bond donors (Lipinski definition) is 1. The van der Waals surface area contributed by atoms with Gasteiger partial charge in [0.05, 0.1) is 5.69 Å². The van der Waals surface area contributed by atoms with E-state index in [1.54, 1.807) is 6.07 Å². The molecular weight excluding hydrogens is 332 g/mol. The van der Waals surface area contributed by atoms with Gasteiger partial charge in [0.25, 0.3) is 5.91 Å². The molecule has 0 saturated heterocycles. The van der Waals surface area contributed by atoms with Crippen molar-refractivity contribution in [2.45, 2.75) is 13.8 Å². The van der Waals surface area contributed by atoms with Crippen molar-refractivity contribution in [3.8, 4) is 0 Å². The second kappa shape index (κ2) is 7.17. The predicted molar refractivity (Wildman–Crippen MR) is 87.7 cm³/mol. The zero-order chi connectivity index (χ0) is 15.2. The smallest absolute Gasteiger partial charge is 0.274 e. The van der Waals surface area contributed by atoms with E-state index in [0.29, 0.717) is 11.4 Å². The molecule has 6 heteroatoms. The number of aromatic nitrogens is 2. The highest BCUT2D eigenvalue weighted by atomic mass is 79.9. The summed E-state index contributed by atoms with van der Waals surface area (Å²) in [4.78, 5) is 22.6. The molecule has 0 saturated carbocycles. The first-order valence-electron chi connectivity index (χ1n) is 6.78. The number of nitrogens with one attached hydrogen (secondary N) is 1. The number of rotatable bonds is 5. The first-order chi connectivity index (χ1) is 10.2. The van der Waals surface area contributed by atoms with Gasteiger partial charge in [-0.2, -0.15) is 0 Å². The summed E-state index contributed by atoms with van der Waals surface area (Å²) < 4.78 is 0.830. The molecule has 0 atom stereocenters. The van der Waals surface area contributed by atoms with E-state index in [1.165, 1.54) is 6.33 Å². The second-order valence-corrected chi connectivity index (χ2v) is 5.22. The summed E-state index contributed by atoms with van der Waals surface area (Å²) in [7, 11) is 0. The molecule has 0 spiro atoms. The molecule has 0 radical (unpaired) electrons. The maximum absolute atomic E-state index is 12.3. The lowest BCUT2D eigenvalue weighted by Gasteiger charge is -2.19. The Kier molecular flexibility index (Phi) is 5.27. The average Bonchev–Trinajstić information content (AvgIpc) is 2.51. The maximum Gasteiger partial charge on any atom is 0.274 e. The fourth-order valence-corrected chi connectivity index (χ4v) is 2.32. The van der Waals surface area contributed by atoms with Crippen LogP contribution in [0.3, 0.4) is 0 Å². The van der Waals surface area contributed by atoms with E-state index >= 15 is 0 Å². The van der Waals surface area contributed by atoms with Gasteiger partial charge < -0.3 is 10.2 Å². The fourth-order valence-electron chi connectivity index (χ4n) is 1.94. The summed E-state index contributed by atoms with van der Waals surface area (Å²) in [5, 5.41) is 2.83. The normalized spacial score (nSPS) is 10.2. The van der Waals surface area contributed by atoms with Gasteiger partial charge in [0.1, 0.15) is 17.8 Å². The van der Waals surface area contributed by atoms with Gasteiger partial charge in [0.2, 0.25) is 0 Å². The number of carbonyl (C=O) groups excluding carboxylic acids is 1. The van der Waals surface area contributed by atoms with Crippen molar-refractivity contribution in [2.24, 2.45) is 0 Å². The van der Waals surface area contributed by atoms with Crippen LogP contribution in [0.1, 0.15) is 24.3 Å². The van der Waals surface area contributed by atoms with E-state index < -0.39 is 0 Å². The third kappa shape index (κ3) is 3.78. The number of benzene rings is 1. The van der Waals surface area contributed by atoms with E-state index in [2.05, 4.69) is 36.1 Å². The number of para-hydroxylation sites is 1. The zero-order valence-electron chi connectivity index (χ0n) is 12.0. The van der Waals surface area contributed by atoms with Crippen molar-refractivity contribution >= 4 is 33.3 Å². The zero-order valence-corrected chi connectivity index (χ0v) is 13.6. The van der Waals surface area contributed by atoms with Crippen LogP contribution in [0, 0.1) is 0 Å². The maximum atomic E-state index is 12.3. The quantitative estimate of drug-likeness (QED) is 0.900. The lowest BCUT2D eigenvalue weighted by Crippen LogP contribution is -2.24. The molecule has 1 heterocycles. The molecule has 1 N–H and O–H groups in total. The summed E-state index contributed by atoms with van der Waals surface area (Å²) >= 11 is 3.40. The molecule has 110 valence electrons. The Morgan fingerprint density at radius 1 is 1.24 bits per heavy atom. The Morgan fingerprint density at radius 2 is 1.95 bits per heavy atom. The molecule has 1 aromatic carbocycles. The largest absolute Gasteiger partial charge is 0.357 e. The molecule has 0 unspecified atom stereocenters. The third-order valence-electron chi connectivity index (χ3n) is 3.09. The number of hydrogen-bond acceptors (Lipinski definition) is 4.